The fraction of sp³-hybridized carbons (Fsp3) is 0.810. The van der Waals surface area contributed by atoms with Gasteiger partial charge < -0.3 is 10.1 Å². The molecule has 0 fully saturated rings. The second kappa shape index (κ2) is 31.7. The van der Waals surface area contributed by atoms with Crippen LogP contribution in [0.1, 0.15) is 217 Å². The maximum atomic E-state index is 13.0. The molecule has 1 rings (SSSR count). The van der Waals surface area contributed by atoms with Gasteiger partial charge in [0.05, 0.1) is 11.6 Å². The number of esters is 1. The van der Waals surface area contributed by atoms with Crippen LogP contribution in [0.2, 0.25) is 0 Å². The highest BCUT2D eigenvalue weighted by atomic mass is 16.5. The van der Waals surface area contributed by atoms with Crippen LogP contribution in [0.15, 0.2) is 30.3 Å². The van der Waals surface area contributed by atoms with Gasteiger partial charge in [0, 0.05) is 6.42 Å². The number of hydrogen-bond donors (Lipinski definition) is 1. The molecular formula is C42H75NO3. The minimum absolute atomic E-state index is 0.0982. The number of rotatable bonds is 33. The SMILES string of the molecule is CCCCCCCCCCCCCCCC(=O)N[C@@H](CC)[C@@H](CCCCCCCCCCCCCCC)OC(=O)c1ccccc1. The van der Waals surface area contributed by atoms with Crippen molar-refractivity contribution in [1.29, 1.82) is 0 Å². The minimum atomic E-state index is -0.291. The third-order valence-electron chi connectivity index (χ3n) is 9.60. The zero-order chi connectivity index (χ0) is 33.3. The van der Waals surface area contributed by atoms with Crippen LogP contribution in [0, 0.1) is 0 Å². The zero-order valence-electron chi connectivity index (χ0n) is 30.8. The predicted molar refractivity (Wildman–Crippen MR) is 198 cm³/mol. The molecule has 0 radical (unpaired) electrons. The molecule has 0 aromatic heterocycles. The quantitative estimate of drug-likeness (QED) is 0.0613. The molecule has 0 saturated heterocycles. The van der Waals surface area contributed by atoms with Gasteiger partial charge in [-0.2, -0.15) is 0 Å². The van der Waals surface area contributed by atoms with Crippen molar-refractivity contribution in [2.75, 3.05) is 0 Å². The molecule has 4 heteroatoms. The molecule has 0 heterocycles. The van der Waals surface area contributed by atoms with Crippen molar-refractivity contribution in [3.63, 3.8) is 0 Å². The number of hydrogen-bond acceptors (Lipinski definition) is 3. The van der Waals surface area contributed by atoms with Crippen LogP contribution in [0.25, 0.3) is 0 Å². The highest BCUT2D eigenvalue weighted by Crippen LogP contribution is 2.19. The van der Waals surface area contributed by atoms with Gasteiger partial charge >= 0.3 is 5.97 Å². The summed E-state index contributed by atoms with van der Waals surface area (Å²) in [6.07, 6.45) is 35.8. The van der Waals surface area contributed by atoms with Gasteiger partial charge in [0.15, 0.2) is 0 Å². The monoisotopic (exact) mass is 642 g/mol. The van der Waals surface area contributed by atoms with E-state index < -0.39 is 0 Å². The van der Waals surface area contributed by atoms with E-state index in [9.17, 15) is 9.59 Å². The molecular weight excluding hydrogens is 566 g/mol. The van der Waals surface area contributed by atoms with E-state index in [0.29, 0.717) is 12.0 Å². The molecule has 2 atom stereocenters. The lowest BCUT2D eigenvalue weighted by molar-refractivity contribution is -0.123. The third-order valence-corrected chi connectivity index (χ3v) is 9.60. The van der Waals surface area contributed by atoms with Crippen molar-refractivity contribution < 1.29 is 14.3 Å². The van der Waals surface area contributed by atoms with E-state index in [-0.39, 0.29) is 24.0 Å². The minimum Gasteiger partial charge on any atom is -0.457 e. The number of carbonyl (C=O) groups excluding carboxylic acids is 2. The molecule has 1 aromatic rings. The molecule has 0 aliphatic rings. The van der Waals surface area contributed by atoms with Gasteiger partial charge in [0.2, 0.25) is 5.91 Å². The van der Waals surface area contributed by atoms with Gasteiger partial charge in [-0.1, -0.05) is 193 Å². The molecule has 266 valence electrons. The smallest absolute Gasteiger partial charge is 0.338 e. The summed E-state index contributed by atoms with van der Waals surface area (Å²) < 4.78 is 6.07. The molecule has 0 spiro atoms. The Kier molecular flexibility index (Phi) is 29.1. The predicted octanol–water partition coefficient (Wildman–Crippen LogP) is 13.1. The fourth-order valence-corrected chi connectivity index (χ4v) is 6.53. The molecule has 4 nitrogen and oxygen atoms in total. The lowest BCUT2D eigenvalue weighted by Gasteiger charge is -2.27. The van der Waals surface area contributed by atoms with E-state index in [4.69, 9.17) is 4.74 Å². The second-order valence-corrected chi connectivity index (χ2v) is 13.9. The van der Waals surface area contributed by atoms with E-state index >= 15 is 0 Å². The third kappa shape index (κ3) is 24.3. The van der Waals surface area contributed by atoms with Crippen molar-refractivity contribution in [2.24, 2.45) is 0 Å². The Labute approximate surface area is 286 Å². The average Bonchev–Trinajstić information content (AvgIpc) is 3.07. The van der Waals surface area contributed by atoms with E-state index in [1.807, 2.05) is 18.2 Å². The number of amides is 1. The lowest BCUT2D eigenvalue weighted by atomic mass is 9.99. The number of carbonyl (C=O) groups is 2. The standard InChI is InChI=1S/C42H75NO3/c1-4-7-9-11-13-15-17-19-21-23-25-27-32-36-40(46-42(45)38-34-30-29-31-35-38)39(6-3)43-41(44)37-33-28-26-24-22-20-18-16-14-12-10-8-5-2/h29-31,34-35,39-40H,4-28,32-33,36-37H2,1-3H3,(H,43,44)/t39-,40+/m0/s1. The molecule has 0 aliphatic carbocycles. The van der Waals surface area contributed by atoms with E-state index in [2.05, 4.69) is 26.1 Å². The van der Waals surface area contributed by atoms with Crippen LogP contribution in [0.4, 0.5) is 0 Å². The van der Waals surface area contributed by atoms with E-state index in [1.54, 1.807) is 12.1 Å². The molecule has 0 unspecified atom stereocenters. The summed E-state index contributed by atoms with van der Waals surface area (Å²) in [5.41, 5.74) is 0.575. The number of unbranched alkanes of at least 4 members (excludes halogenated alkanes) is 24. The van der Waals surface area contributed by atoms with Gasteiger partial charge in [0.1, 0.15) is 6.10 Å². The maximum Gasteiger partial charge on any atom is 0.338 e. The van der Waals surface area contributed by atoms with Crippen molar-refractivity contribution in [3.8, 4) is 0 Å². The maximum absolute atomic E-state index is 13.0. The van der Waals surface area contributed by atoms with Crippen LogP contribution < -0.4 is 5.32 Å². The highest BCUT2D eigenvalue weighted by Gasteiger charge is 2.25. The fourth-order valence-electron chi connectivity index (χ4n) is 6.53. The Morgan fingerprint density at radius 1 is 0.543 bits per heavy atom. The second-order valence-electron chi connectivity index (χ2n) is 13.9. The largest absolute Gasteiger partial charge is 0.457 e. The summed E-state index contributed by atoms with van der Waals surface area (Å²) in [7, 11) is 0. The lowest BCUT2D eigenvalue weighted by Crippen LogP contribution is -2.45. The van der Waals surface area contributed by atoms with Crippen molar-refractivity contribution in [1.82, 2.24) is 5.32 Å². The normalized spacial score (nSPS) is 12.6. The Morgan fingerprint density at radius 3 is 1.35 bits per heavy atom. The zero-order valence-corrected chi connectivity index (χ0v) is 30.8. The first kappa shape index (κ1) is 42.2. The Balaban J connectivity index is 2.32. The van der Waals surface area contributed by atoms with E-state index in [1.165, 1.54) is 141 Å². The van der Waals surface area contributed by atoms with E-state index in [0.717, 1.165) is 38.5 Å². The molecule has 0 bridgehead atoms. The van der Waals surface area contributed by atoms with Crippen molar-refractivity contribution >= 4 is 11.9 Å². The number of ether oxygens (including phenoxy) is 1. The molecule has 1 N–H and O–H groups in total. The highest BCUT2D eigenvalue weighted by molar-refractivity contribution is 5.89. The van der Waals surface area contributed by atoms with Gasteiger partial charge in [-0.3, -0.25) is 4.79 Å². The molecule has 0 saturated carbocycles. The molecule has 0 aliphatic heterocycles. The van der Waals surface area contributed by atoms with Crippen LogP contribution in [0.3, 0.4) is 0 Å². The van der Waals surface area contributed by atoms with Crippen molar-refractivity contribution in [2.45, 2.75) is 219 Å². The van der Waals surface area contributed by atoms with Crippen LogP contribution in [-0.4, -0.2) is 24.0 Å². The first-order valence-electron chi connectivity index (χ1n) is 20.2. The van der Waals surface area contributed by atoms with Gasteiger partial charge in [-0.15, -0.1) is 0 Å². The van der Waals surface area contributed by atoms with Crippen LogP contribution in [0.5, 0.6) is 0 Å². The molecule has 1 amide bonds. The number of nitrogens with one attached hydrogen (secondary N) is 1. The summed E-state index contributed by atoms with van der Waals surface area (Å²) in [5.74, 6) is -0.189. The molecule has 46 heavy (non-hydrogen) atoms. The topological polar surface area (TPSA) is 55.4 Å². The summed E-state index contributed by atoms with van der Waals surface area (Å²) in [6, 6.07) is 9.12. The first-order chi connectivity index (χ1) is 22.6. The first-order valence-corrected chi connectivity index (χ1v) is 20.2. The average molecular weight is 642 g/mol. The van der Waals surface area contributed by atoms with Crippen LogP contribution >= 0.6 is 0 Å². The summed E-state index contributed by atoms with van der Waals surface area (Å²) in [6.45, 7) is 6.64. The Morgan fingerprint density at radius 2 is 0.935 bits per heavy atom. The summed E-state index contributed by atoms with van der Waals surface area (Å²) in [5, 5.41) is 3.25. The summed E-state index contributed by atoms with van der Waals surface area (Å²) in [4.78, 5) is 25.9. The Hall–Kier alpha value is -1.84. The van der Waals surface area contributed by atoms with Gasteiger partial charge in [0.25, 0.3) is 0 Å². The van der Waals surface area contributed by atoms with Crippen molar-refractivity contribution in [3.05, 3.63) is 35.9 Å². The number of benzene rings is 1. The summed E-state index contributed by atoms with van der Waals surface area (Å²) >= 11 is 0. The van der Waals surface area contributed by atoms with Crippen LogP contribution in [-0.2, 0) is 9.53 Å². The Bertz CT molecular complexity index is 810. The van der Waals surface area contributed by atoms with Gasteiger partial charge in [-0.05, 0) is 37.8 Å². The molecule has 1 aromatic carbocycles. The van der Waals surface area contributed by atoms with Gasteiger partial charge in [-0.25, -0.2) is 4.79 Å².